The molecule has 1 aromatic carbocycles. The molecule has 0 saturated carbocycles. The third-order valence-corrected chi connectivity index (χ3v) is 5.45. The number of carboxylic acids is 1. The lowest BCUT2D eigenvalue weighted by molar-refractivity contribution is -0.139. The van der Waals surface area contributed by atoms with Crippen molar-refractivity contribution < 1.29 is 19.4 Å². The Bertz CT molecular complexity index is 813. The van der Waals surface area contributed by atoms with Crippen LogP contribution in [0.4, 0.5) is 0 Å². The highest BCUT2D eigenvalue weighted by atomic mass is 32.1. The highest BCUT2D eigenvalue weighted by Gasteiger charge is 2.28. The predicted octanol–water partition coefficient (Wildman–Crippen LogP) is 3.51. The number of carbonyl (C=O) groups excluding carboxylic acids is 1. The van der Waals surface area contributed by atoms with E-state index in [4.69, 9.17) is 9.84 Å². The second kappa shape index (κ2) is 7.45. The van der Waals surface area contributed by atoms with Crippen molar-refractivity contribution in [2.45, 2.75) is 47.1 Å². The van der Waals surface area contributed by atoms with Gasteiger partial charge in [-0.2, -0.15) is 0 Å². The Hall–Kier alpha value is -2.41. The fourth-order valence-corrected chi connectivity index (χ4v) is 3.56. The molecule has 0 spiro atoms. The van der Waals surface area contributed by atoms with Gasteiger partial charge in [-0.15, -0.1) is 11.3 Å². The third kappa shape index (κ3) is 4.40. The Morgan fingerprint density at radius 1 is 1.19 bits per heavy atom. The number of thiazole rings is 1. The van der Waals surface area contributed by atoms with Gasteiger partial charge in [0.15, 0.2) is 6.61 Å². The number of hydrogen-bond acceptors (Lipinski definition) is 5. The van der Waals surface area contributed by atoms with Gasteiger partial charge in [0.2, 0.25) is 0 Å². The number of benzene rings is 1. The molecule has 2 rings (SSSR count). The van der Waals surface area contributed by atoms with Crippen molar-refractivity contribution in [2.75, 3.05) is 6.61 Å². The Labute approximate surface area is 157 Å². The van der Waals surface area contributed by atoms with Crippen LogP contribution >= 0.6 is 11.3 Å². The predicted molar refractivity (Wildman–Crippen MR) is 101 cm³/mol. The lowest BCUT2D eigenvalue weighted by atomic mass is 10.0. The first-order valence-electron chi connectivity index (χ1n) is 8.24. The van der Waals surface area contributed by atoms with Crippen LogP contribution in [0.1, 0.15) is 50.9 Å². The zero-order valence-electron chi connectivity index (χ0n) is 15.9. The van der Waals surface area contributed by atoms with Gasteiger partial charge in [0.25, 0.3) is 5.91 Å². The number of hydrogen-bond donors (Lipinski definition) is 2. The quantitative estimate of drug-likeness (QED) is 0.805. The molecule has 2 aromatic rings. The molecule has 1 amide bonds. The lowest BCUT2D eigenvalue weighted by Crippen LogP contribution is -2.41. The number of aryl methyl sites for hydroxylation is 4. The minimum atomic E-state index is -1.04. The molecule has 0 radical (unpaired) electrons. The van der Waals surface area contributed by atoms with Crippen molar-refractivity contribution >= 4 is 23.2 Å². The molecule has 0 aliphatic carbocycles. The minimum absolute atomic E-state index is 0.212. The van der Waals surface area contributed by atoms with Crippen molar-refractivity contribution in [3.8, 4) is 5.75 Å². The number of carbonyl (C=O) groups is 2. The van der Waals surface area contributed by atoms with Crippen LogP contribution in [0.5, 0.6) is 5.75 Å². The highest BCUT2D eigenvalue weighted by Crippen LogP contribution is 2.29. The zero-order chi connectivity index (χ0) is 19.6. The maximum Gasteiger partial charge on any atom is 0.341 e. The number of aromatic nitrogens is 1. The van der Waals surface area contributed by atoms with Crippen LogP contribution in [0.15, 0.2) is 12.1 Å². The van der Waals surface area contributed by atoms with Gasteiger partial charge in [0.05, 0.1) is 11.2 Å². The van der Waals surface area contributed by atoms with Crippen LogP contribution in [0.25, 0.3) is 0 Å². The van der Waals surface area contributed by atoms with Crippen LogP contribution in [-0.4, -0.2) is 28.6 Å². The van der Waals surface area contributed by atoms with Crippen LogP contribution < -0.4 is 10.1 Å². The average molecular weight is 376 g/mol. The topological polar surface area (TPSA) is 88.5 Å². The van der Waals surface area contributed by atoms with Crippen molar-refractivity contribution in [3.63, 3.8) is 0 Å². The second-order valence-corrected chi connectivity index (χ2v) is 8.06. The summed E-state index contributed by atoms with van der Waals surface area (Å²) in [5.41, 5.74) is 2.31. The molecule has 26 heavy (non-hydrogen) atoms. The Morgan fingerprint density at radius 2 is 1.77 bits per heavy atom. The lowest BCUT2D eigenvalue weighted by Gasteiger charge is -2.24. The largest absolute Gasteiger partial charge is 0.481 e. The van der Waals surface area contributed by atoms with Gasteiger partial charge in [-0.05, 0) is 64.8 Å². The molecule has 0 bridgehead atoms. The van der Waals surface area contributed by atoms with Gasteiger partial charge in [0.1, 0.15) is 10.8 Å². The molecule has 0 atom stereocenters. The monoisotopic (exact) mass is 376 g/mol. The van der Waals surface area contributed by atoms with Crippen LogP contribution in [0.2, 0.25) is 0 Å². The molecule has 6 nitrogen and oxygen atoms in total. The molecule has 1 heterocycles. The molecule has 0 aliphatic rings. The molecule has 7 heteroatoms. The first-order chi connectivity index (χ1) is 12.0. The van der Waals surface area contributed by atoms with E-state index < -0.39 is 18.1 Å². The van der Waals surface area contributed by atoms with E-state index >= 15 is 0 Å². The standard InChI is InChI=1S/C19H24N2O4S/c1-10-7-14(8-11(2)16(10)25-9-15(22)23)17(24)21-19(5,6)18-20-12(3)13(4)26-18/h7-8H,9H2,1-6H3,(H,21,24)(H,22,23). The van der Waals surface area contributed by atoms with E-state index in [2.05, 4.69) is 10.3 Å². The van der Waals surface area contributed by atoms with E-state index in [1.54, 1.807) is 37.3 Å². The fraction of sp³-hybridized carbons (Fsp3) is 0.421. The number of ether oxygens (including phenoxy) is 1. The highest BCUT2D eigenvalue weighted by molar-refractivity contribution is 7.11. The van der Waals surface area contributed by atoms with Gasteiger partial charge in [-0.1, -0.05) is 0 Å². The van der Waals surface area contributed by atoms with Crippen molar-refractivity contribution in [3.05, 3.63) is 44.4 Å². The molecular weight excluding hydrogens is 352 g/mol. The first-order valence-corrected chi connectivity index (χ1v) is 9.05. The zero-order valence-corrected chi connectivity index (χ0v) is 16.7. The van der Waals surface area contributed by atoms with Crippen molar-refractivity contribution in [2.24, 2.45) is 0 Å². The Kier molecular flexibility index (Phi) is 5.71. The Balaban J connectivity index is 2.22. The molecule has 0 saturated heterocycles. The van der Waals surface area contributed by atoms with E-state index in [0.717, 1.165) is 26.7 Å². The summed E-state index contributed by atoms with van der Waals surface area (Å²) in [5.74, 6) is -0.757. The average Bonchev–Trinajstić information content (AvgIpc) is 2.86. The van der Waals surface area contributed by atoms with E-state index in [-0.39, 0.29) is 5.91 Å². The summed E-state index contributed by atoms with van der Waals surface area (Å²) in [5, 5.41) is 12.6. The van der Waals surface area contributed by atoms with Crippen molar-refractivity contribution in [1.82, 2.24) is 10.3 Å². The molecule has 140 valence electrons. The van der Waals surface area contributed by atoms with E-state index in [1.165, 1.54) is 0 Å². The van der Waals surface area contributed by atoms with Crippen molar-refractivity contribution in [1.29, 1.82) is 0 Å². The molecule has 0 aliphatic heterocycles. The smallest absolute Gasteiger partial charge is 0.341 e. The number of nitrogens with one attached hydrogen (secondary N) is 1. The number of amides is 1. The van der Waals surface area contributed by atoms with Gasteiger partial charge in [-0.25, -0.2) is 9.78 Å². The van der Waals surface area contributed by atoms with Crippen LogP contribution in [-0.2, 0) is 10.3 Å². The summed E-state index contributed by atoms with van der Waals surface area (Å²) in [6.07, 6.45) is 0. The summed E-state index contributed by atoms with van der Waals surface area (Å²) < 4.78 is 5.31. The summed E-state index contributed by atoms with van der Waals surface area (Å²) in [6, 6.07) is 3.40. The molecule has 2 N–H and O–H groups in total. The van der Waals surface area contributed by atoms with Crippen LogP contribution in [0, 0.1) is 27.7 Å². The summed E-state index contributed by atoms with van der Waals surface area (Å²) >= 11 is 1.58. The number of rotatable bonds is 6. The minimum Gasteiger partial charge on any atom is -0.481 e. The van der Waals surface area contributed by atoms with Crippen LogP contribution in [0.3, 0.4) is 0 Å². The number of aliphatic carboxylic acids is 1. The molecule has 1 aromatic heterocycles. The SMILES string of the molecule is Cc1cc(C(=O)NC(C)(C)c2nc(C)c(C)s2)cc(C)c1OCC(=O)O. The summed E-state index contributed by atoms with van der Waals surface area (Å²) in [4.78, 5) is 29.1. The summed E-state index contributed by atoms with van der Waals surface area (Å²) in [6.45, 7) is 11.0. The van der Waals surface area contributed by atoms with Gasteiger partial charge in [-0.3, -0.25) is 4.79 Å². The molecular formula is C19H24N2O4S. The fourth-order valence-electron chi connectivity index (χ4n) is 2.59. The summed E-state index contributed by atoms with van der Waals surface area (Å²) in [7, 11) is 0. The normalized spacial score (nSPS) is 11.3. The number of carboxylic acid groups (broad SMARTS) is 1. The van der Waals surface area contributed by atoms with E-state index in [0.29, 0.717) is 11.3 Å². The molecule has 0 fully saturated rings. The third-order valence-electron chi connectivity index (χ3n) is 4.05. The second-order valence-electron chi connectivity index (χ2n) is 6.86. The number of nitrogens with zero attached hydrogens (tertiary/aromatic N) is 1. The maximum absolute atomic E-state index is 12.7. The van der Waals surface area contributed by atoms with E-state index in [9.17, 15) is 9.59 Å². The van der Waals surface area contributed by atoms with Gasteiger partial charge < -0.3 is 15.2 Å². The first kappa shape index (κ1) is 19.9. The Morgan fingerprint density at radius 3 is 2.23 bits per heavy atom. The van der Waals surface area contributed by atoms with Gasteiger partial charge in [0, 0.05) is 10.4 Å². The maximum atomic E-state index is 12.7. The van der Waals surface area contributed by atoms with Gasteiger partial charge >= 0.3 is 5.97 Å². The molecule has 0 unspecified atom stereocenters. The van der Waals surface area contributed by atoms with E-state index in [1.807, 2.05) is 27.7 Å².